The number of rotatable bonds is 2. The van der Waals surface area contributed by atoms with Gasteiger partial charge in [-0.15, -0.1) is 0 Å². The van der Waals surface area contributed by atoms with E-state index in [-0.39, 0.29) is 6.04 Å². The normalized spacial score (nSPS) is 26.1. The van der Waals surface area contributed by atoms with E-state index in [9.17, 15) is 4.79 Å². The maximum Gasteiger partial charge on any atom is 0.150 e. The fourth-order valence-corrected chi connectivity index (χ4v) is 1.28. The lowest BCUT2D eigenvalue weighted by Gasteiger charge is -2.12. The van der Waals surface area contributed by atoms with E-state index in [1.54, 1.807) is 0 Å². The maximum absolute atomic E-state index is 11.2. The molecule has 1 atom stereocenters. The molecule has 0 aromatic rings. The molecule has 0 saturated carbocycles. The van der Waals surface area contributed by atoms with Crippen molar-refractivity contribution in [3.63, 3.8) is 0 Å². The number of hydrogen-bond donors (Lipinski definition) is 2. The molecule has 2 N–H and O–H groups in total. The monoisotopic (exact) mass is 156 g/mol. The van der Waals surface area contributed by atoms with Crippen molar-refractivity contribution in [1.82, 2.24) is 10.6 Å². The van der Waals surface area contributed by atoms with Crippen LogP contribution in [-0.4, -0.2) is 31.5 Å². The van der Waals surface area contributed by atoms with Gasteiger partial charge in [-0.1, -0.05) is 6.92 Å². The first kappa shape index (κ1) is 8.68. The molecule has 64 valence electrons. The number of carbonyl (C=O) groups excluding carboxylic acids is 1. The van der Waals surface area contributed by atoms with E-state index in [4.69, 9.17) is 0 Å². The molecule has 1 heterocycles. The summed E-state index contributed by atoms with van der Waals surface area (Å²) in [6, 6.07) is 0.0579. The Hall–Kier alpha value is -0.410. The minimum Gasteiger partial charge on any atom is -0.315 e. The standard InChI is InChI=1S/C8H16N2O/c1-2-8(11)7-6-9-4-3-5-10-7/h7,9-10H,2-6H2,1H3. The summed E-state index contributed by atoms with van der Waals surface area (Å²) in [5.74, 6) is 0.319. The van der Waals surface area contributed by atoms with Gasteiger partial charge in [0.1, 0.15) is 0 Å². The summed E-state index contributed by atoms with van der Waals surface area (Å²) in [5, 5.41) is 6.45. The van der Waals surface area contributed by atoms with Crippen LogP contribution in [0, 0.1) is 0 Å². The molecule has 1 rings (SSSR count). The third kappa shape index (κ3) is 2.60. The molecule has 1 aliphatic heterocycles. The van der Waals surface area contributed by atoms with Crippen molar-refractivity contribution in [2.24, 2.45) is 0 Å². The summed E-state index contributed by atoms with van der Waals surface area (Å²) in [6.45, 7) is 4.70. The smallest absolute Gasteiger partial charge is 0.150 e. The van der Waals surface area contributed by atoms with E-state index >= 15 is 0 Å². The highest BCUT2D eigenvalue weighted by Gasteiger charge is 2.16. The minimum atomic E-state index is 0.0579. The molecule has 0 aromatic heterocycles. The number of carbonyl (C=O) groups is 1. The van der Waals surface area contributed by atoms with Gasteiger partial charge in [0.05, 0.1) is 6.04 Å². The van der Waals surface area contributed by atoms with Crippen molar-refractivity contribution in [1.29, 1.82) is 0 Å². The SMILES string of the molecule is CCC(=O)C1CNCCCN1. The van der Waals surface area contributed by atoms with Gasteiger partial charge < -0.3 is 10.6 Å². The number of hydrogen-bond acceptors (Lipinski definition) is 3. The zero-order valence-corrected chi connectivity index (χ0v) is 7.02. The molecule has 0 aromatic carbocycles. The zero-order chi connectivity index (χ0) is 8.10. The predicted molar refractivity (Wildman–Crippen MR) is 44.6 cm³/mol. The van der Waals surface area contributed by atoms with Crippen LogP contribution in [0.2, 0.25) is 0 Å². The largest absolute Gasteiger partial charge is 0.315 e. The number of nitrogens with one attached hydrogen (secondary N) is 2. The van der Waals surface area contributed by atoms with E-state index in [0.29, 0.717) is 12.2 Å². The average molecular weight is 156 g/mol. The first-order valence-corrected chi connectivity index (χ1v) is 4.31. The highest BCUT2D eigenvalue weighted by molar-refractivity contribution is 5.83. The Balaban J connectivity index is 2.36. The van der Waals surface area contributed by atoms with Crippen molar-refractivity contribution < 1.29 is 4.79 Å². The second-order valence-corrected chi connectivity index (χ2v) is 2.88. The minimum absolute atomic E-state index is 0.0579. The van der Waals surface area contributed by atoms with Gasteiger partial charge in [-0.3, -0.25) is 4.79 Å². The summed E-state index contributed by atoms with van der Waals surface area (Å²) < 4.78 is 0. The first-order valence-electron chi connectivity index (χ1n) is 4.31. The summed E-state index contributed by atoms with van der Waals surface area (Å²) in [6.07, 6.45) is 1.76. The van der Waals surface area contributed by atoms with Gasteiger partial charge in [0.25, 0.3) is 0 Å². The van der Waals surface area contributed by atoms with Crippen molar-refractivity contribution in [2.45, 2.75) is 25.8 Å². The summed E-state index contributed by atoms with van der Waals surface area (Å²) in [7, 11) is 0. The molecule has 1 fully saturated rings. The molecular formula is C8H16N2O. The Morgan fingerprint density at radius 3 is 3.09 bits per heavy atom. The Bertz CT molecular complexity index is 128. The van der Waals surface area contributed by atoms with Gasteiger partial charge in [-0.05, 0) is 19.5 Å². The maximum atomic E-state index is 11.2. The quantitative estimate of drug-likeness (QED) is 0.587. The topological polar surface area (TPSA) is 41.1 Å². The van der Waals surface area contributed by atoms with Crippen molar-refractivity contribution in [3.8, 4) is 0 Å². The van der Waals surface area contributed by atoms with E-state index in [1.807, 2.05) is 6.92 Å². The molecule has 11 heavy (non-hydrogen) atoms. The van der Waals surface area contributed by atoms with Gasteiger partial charge in [0.2, 0.25) is 0 Å². The van der Waals surface area contributed by atoms with Crippen molar-refractivity contribution in [3.05, 3.63) is 0 Å². The van der Waals surface area contributed by atoms with Crippen LogP contribution < -0.4 is 10.6 Å². The van der Waals surface area contributed by atoms with Crippen molar-refractivity contribution in [2.75, 3.05) is 19.6 Å². The Morgan fingerprint density at radius 1 is 1.55 bits per heavy atom. The predicted octanol–water partition coefficient (Wildman–Crippen LogP) is -0.0830. The Labute approximate surface area is 67.5 Å². The molecule has 0 amide bonds. The van der Waals surface area contributed by atoms with Crippen LogP contribution in [-0.2, 0) is 4.79 Å². The van der Waals surface area contributed by atoms with E-state index in [1.165, 1.54) is 0 Å². The molecular weight excluding hydrogens is 140 g/mol. The van der Waals surface area contributed by atoms with Gasteiger partial charge in [-0.25, -0.2) is 0 Å². The van der Waals surface area contributed by atoms with E-state index in [2.05, 4.69) is 10.6 Å². The fourth-order valence-electron chi connectivity index (χ4n) is 1.28. The van der Waals surface area contributed by atoms with Crippen LogP contribution in [0.5, 0.6) is 0 Å². The van der Waals surface area contributed by atoms with Crippen LogP contribution in [0.15, 0.2) is 0 Å². The third-order valence-corrected chi connectivity index (χ3v) is 2.01. The highest BCUT2D eigenvalue weighted by Crippen LogP contribution is 1.93. The molecule has 1 unspecified atom stereocenters. The van der Waals surface area contributed by atoms with Crippen LogP contribution in [0.4, 0.5) is 0 Å². The van der Waals surface area contributed by atoms with Crippen LogP contribution in [0.25, 0.3) is 0 Å². The highest BCUT2D eigenvalue weighted by atomic mass is 16.1. The van der Waals surface area contributed by atoms with Crippen LogP contribution >= 0.6 is 0 Å². The fraction of sp³-hybridized carbons (Fsp3) is 0.875. The lowest BCUT2D eigenvalue weighted by Crippen LogP contribution is -2.41. The molecule has 3 heteroatoms. The van der Waals surface area contributed by atoms with Crippen LogP contribution in [0.1, 0.15) is 19.8 Å². The van der Waals surface area contributed by atoms with Gasteiger partial charge in [0, 0.05) is 13.0 Å². The summed E-state index contributed by atoms with van der Waals surface area (Å²) in [5.41, 5.74) is 0. The van der Waals surface area contributed by atoms with Gasteiger partial charge in [-0.2, -0.15) is 0 Å². The zero-order valence-electron chi connectivity index (χ0n) is 7.02. The van der Waals surface area contributed by atoms with Crippen molar-refractivity contribution >= 4 is 5.78 Å². The molecule has 3 nitrogen and oxygen atoms in total. The molecule has 0 spiro atoms. The number of ketones is 1. The van der Waals surface area contributed by atoms with E-state index in [0.717, 1.165) is 26.1 Å². The third-order valence-electron chi connectivity index (χ3n) is 2.01. The molecule has 1 aliphatic rings. The van der Waals surface area contributed by atoms with E-state index < -0.39 is 0 Å². The number of Topliss-reactive ketones (excluding diaryl/α,β-unsaturated/α-hetero) is 1. The molecule has 0 bridgehead atoms. The molecule has 0 radical (unpaired) electrons. The second-order valence-electron chi connectivity index (χ2n) is 2.88. The Kier molecular flexibility index (Phi) is 3.52. The Morgan fingerprint density at radius 2 is 2.36 bits per heavy atom. The lowest BCUT2D eigenvalue weighted by molar-refractivity contribution is -0.120. The average Bonchev–Trinajstić information content (AvgIpc) is 2.30. The lowest BCUT2D eigenvalue weighted by atomic mass is 10.1. The molecule has 1 saturated heterocycles. The summed E-state index contributed by atoms with van der Waals surface area (Å²) >= 11 is 0. The van der Waals surface area contributed by atoms with Crippen LogP contribution in [0.3, 0.4) is 0 Å². The van der Waals surface area contributed by atoms with Gasteiger partial charge >= 0.3 is 0 Å². The summed E-state index contributed by atoms with van der Waals surface area (Å²) in [4.78, 5) is 11.2. The van der Waals surface area contributed by atoms with Gasteiger partial charge in [0.15, 0.2) is 5.78 Å². The molecule has 0 aliphatic carbocycles. The first-order chi connectivity index (χ1) is 5.34. The second kappa shape index (κ2) is 4.46.